The molecule has 1 saturated carbocycles. The maximum Gasteiger partial charge on any atom is 0.133 e. The van der Waals surface area contributed by atoms with Crippen LogP contribution in [0.25, 0.3) is 0 Å². The lowest BCUT2D eigenvalue weighted by Crippen LogP contribution is -2.21. The molecule has 1 fully saturated rings. The van der Waals surface area contributed by atoms with Gasteiger partial charge in [-0.2, -0.15) is 0 Å². The van der Waals surface area contributed by atoms with Gasteiger partial charge >= 0.3 is 0 Å². The number of hydrogen-bond donors (Lipinski definition) is 0. The smallest absolute Gasteiger partial charge is 0.133 e. The zero-order valence-electron chi connectivity index (χ0n) is 9.42. The van der Waals surface area contributed by atoms with Crippen molar-refractivity contribution in [3.05, 3.63) is 34.6 Å². The van der Waals surface area contributed by atoms with Crippen LogP contribution in [0.5, 0.6) is 0 Å². The molecule has 0 aromatic heterocycles. The maximum atomic E-state index is 13.4. The molecule has 1 aliphatic carbocycles. The molecule has 17 heavy (non-hydrogen) atoms. The van der Waals surface area contributed by atoms with Crippen LogP contribution in [0.2, 0.25) is 5.02 Å². The van der Waals surface area contributed by atoms with E-state index in [1.807, 2.05) is 0 Å². The van der Waals surface area contributed by atoms with Crippen molar-refractivity contribution in [3.8, 4) is 0 Å². The fourth-order valence-electron chi connectivity index (χ4n) is 1.93. The van der Waals surface area contributed by atoms with Gasteiger partial charge in [0.1, 0.15) is 11.6 Å². The monoisotopic (exact) mass is 256 g/mol. The van der Waals surface area contributed by atoms with Gasteiger partial charge in [0.2, 0.25) is 0 Å². The Kier molecular flexibility index (Phi) is 4.13. The molecule has 0 bridgehead atoms. The van der Waals surface area contributed by atoms with Crippen molar-refractivity contribution in [1.29, 1.82) is 0 Å². The highest BCUT2D eigenvalue weighted by atomic mass is 35.5. The van der Waals surface area contributed by atoms with Crippen LogP contribution < -0.4 is 0 Å². The molecule has 1 aromatic rings. The van der Waals surface area contributed by atoms with E-state index >= 15 is 0 Å². The summed E-state index contributed by atoms with van der Waals surface area (Å²) in [6.45, 7) is 0.238. The first-order chi connectivity index (χ1) is 8.15. The van der Waals surface area contributed by atoms with Crippen LogP contribution in [0.3, 0.4) is 0 Å². The van der Waals surface area contributed by atoms with E-state index in [1.54, 1.807) is 12.1 Å². The number of ketones is 1. The highest BCUT2D eigenvalue weighted by Gasteiger charge is 2.19. The molecule has 0 saturated heterocycles. The summed E-state index contributed by atoms with van der Waals surface area (Å²) in [4.78, 5) is 11.0. The Bertz CT molecular complexity index is 410. The van der Waals surface area contributed by atoms with Crippen LogP contribution in [0.1, 0.15) is 31.2 Å². The fraction of sp³-hybridized carbons (Fsp3) is 0.462. The summed E-state index contributed by atoms with van der Waals surface area (Å²) >= 11 is 5.66. The lowest BCUT2D eigenvalue weighted by molar-refractivity contribution is -0.123. The summed E-state index contributed by atoms with van der Waals surface area (Å²) < 4.78 is 19.1. The van der Waals surface area contributed by atoms with Gasteiger partial charge in [-0.3, -0.25) is 4.79 Å². The highest BCUT2D eigenvalue weighted by molar-refractivity contribution is 6.30. The summed E-state index contributed by atoms with van der Waals surface area (Å²) in [5, 5.41) is 0.384. The van der Waals surface area contributed by atoms with Gasteiger partial charge in [0.05, 0.1) is 12.7 Å². The van der Waals surface area contributed by atoms with Crippen molar-refractivity contribution in [2.24, 2.45) is 0 Å². The highest BCUT2D eigenvalue weighted by Crippen LogP contribution is 2.21. The second kappa shape index (κ2) is 5.61. The molecule has 0 atom stereocenters. The number of hydrogen-bond acceptors (Lipinski definition) is 2. The van der Waals surface area contributed by atoms with Gasteiger partial charge in [0, 0.05) is 23.4 Å². The summed E-state index contributed by atoms with van der Waals surface area (Å²) in [5.74, 6) is -0.0492. The van der Waals surface area contributed by atoms with E-state index in [2.05, 4.69) is 0 Å². The molecular formula is C13H14ClFO2. The molecule has 2 rings (SSSR count). The standard InChI is InChI=1S/C13H14ClFO2/c14-10-2-1-9(13(15)7-10)8-17-12-5-3-11(16)4-6-12/h1-2,7,12H,3-6,8H2. The van der Waals surface area contributed by atoms with Gasteiger partial charge < -0.3 is 4.74 Å². The first-order valence-electron chi connectivity index (χ1n) is 5.72. The van der Waals surface area contributed by atoms with E-state index in [1.165, 1.54) is 6.07 Å². The number of rotatable bonds is 3. The molecule has 0 radical (unpaired) electrons. The first-order valence-corrected chi connectivity index (χ1v) is 6.10. The van der Waals surface area contributed by atoms with E-state index in [0.29, 0.717) is 29.2 Å². The van der Waals surface area contributed by atoms with Gasteiger partial charge in [-0.25, -0.2) is 4.39 Å². The van der Waals surface area contributed by atoms with Crippen LogP contribution in [0.15, 0.2) is 18.2 Å². The summed E-state index contributed by atoms with van der Waals surface area (Å²) in [7, 11) is 0. The summed E-state index contributed by atoms with van der Waals surface area (Å²) in [6, 6.07) is 4.56. The van der Waals surface area contributed by atoms with Crippen molar-refractivity contribution in [3.63, 3.8) is 0 Å². The van der Waals surface area contributed by atoms with Gasteiger partial charge in [-0.1, -0.05) is 17.7 Å². The lowest BCUT2D eigenvalue weighted by Gasteiger charge is -2.21. The topological polar surface area (TPSA) is 26.3 Å². The molecule has 92 valence electrons. The Morgan fingerprint density at radius 2 is 2.06 bits per heavy atom. The largest absolute Gasteiger partial charge is 0.373 e. The van der Waals surface area contributed by atoms with Crippen molar-refractivity contribution in [2.75, 3.05) is 0 Å². The molecule has 1 aromatic carbocycles. The van der Waals surface area contributed by atoms with Crippen molar-refractivity contribution in [1.82, 2.24) is 0 Å². The minimum atomic E-state index is -0.343. The number of carbonyl (C=O) groups excluding carboxylic acids is 1. The fourth-order valence-corrected chi connectivity index (χ4v) is 2.09. The maximum absolute atomic E-state index is 13.4. The first kappa shape index (κ1) is 12.5. The lowest BCUT2D eigenvalue weighted by atomic mass is 9.96. The normalized spacial score (nSPS) is 17.4. The number of halogens is 2. The quantitative estimate of drug-likeness (QED) is 0.827. The van der Waals surface area contributed by atoms with Crippen molar-refractivity contribution in [2.45, 2.75) is 38.4 Å². The van der Waals surface area contributed by atoms with Gasteiger partial charge in [0.15, 0.2) is 0 Å². The third kappa shape index (κ3) is 3.51. The predicted octanol–water partition coefficient (Wildman–Crippen LogP) is 3.51. The third-order valence-electron chi connectivity index (χ3n) is 2.98. The zero-order valence-corrected chi connectivity index (χ0v) is 10.2. The Balaban J connectivity index is 1.87. The molecule has 2 nitrogen and oxygen atoms in total. The average Bonchev–Trinajstić information content (AvgIpc) is 2.30. The van der Waals surface area contributed by atoms with Gasteiger partial charge in [-0.05, 0) is 25.0 Å². The SMILES string of the molecule is O=C1CCC(OCc2ccc(Cl)cc2F)CC1. The molecule has 0 spiro atoms. The molecular weight excluding hydrogens is 243 g/mol. The Morgan fingerprint density at radius 3 is 2.71 bits per heavy atom. The van der Waals surface area contributed by atoms with Crippen LogP contribution >= 0.6 is 11.6 Å². The summed E-state index contributed by atoms with van der Waals surface area (Å²) in [6.07, 6.45) is 2.71. The van der Waals surface area contributed by atoms with E-state index < -0.39 is 0 Å². The predicted molar refractivity (Wildman–Crippen MR) is 63.5 cm³/mol. The Labute approximate surface area is 105 Å². The van der Waals surface area contributed by atoms with Crippen LogP contribution in [0.4, 0.5) is 4.39 Å². The van der Waals surface area contributed by atoms with Crippen LogP contribution in [-0.2, 0) is 16.1 Å². The molecule has 0 aliphatic heterocycles. The number of ether oxygens (including phenoxy) is 1. The number of carbonyl (C=O) groups is 1. The van der Waals surface area contributed by atoms with E-state index in [-0.39, 0.29) is 18.5 Å². The molecule has 1 aliphatic rings. The van der Waals surface area contributed by atoms with Gasteiger partial charge in [-0.15, -0.1) is 0 Å². The second-order valence-corrected chi connectivity index (χ2v) is 4.72. The van der Waals surface area contributed by atoms with E-state index in [4.69, 9.17) is 16.3 Å². The summed E-state index contributed by atoms with van der Waals surface area (Å²) in [5.41, 5.74) is 0.506. The number of Topliss-reactive ketones (excluding diaryl/α,β-unsaturated/α-hetero) is 1. The van der Waals surface area contributed by atoms with Crippen LogP contribution in [-0.4, -0.2) is 11.9 Å². The third-order valence-corrected chi connectivity index (χ3v) is 3.22. The molecule has 0 N–H and O–H groups in total. The van der Waals surface area contributed by atoms with Crippen LogP contribution in [0, 0.1) is 5.82 Å². The number of benzene rings is 1. The molecule has 4 heteroatoms. The van der Waals surface area contributed by atoms with E-state index in [0.717, 1.165) is 12.8 Å². The zero-order chi connectivity index (χ0) is 12.3. The van der Waals surface area contributed by atoms with Gasteiger partial charge in [0.25, 0.3) is 0 Å². The van der Waals surface area contributed by atoms with Crippen molar-refractivity contribution >= 4 is 17.4 Å². The average molecular weight is 257 g/mol. The van der Waals surface area contributed by atoms with Crippen molar-refractivity contribution < 1.29 is 13.9 Å². The molecule has 0 heterocycles. The van der Waals surface area contributed by atoms with E-state index in [9.17, 15) is 9.18 Å². The second-order valence-electron chi connectivity index (χ2n) is 4.28. The Hall–Kier alpha value is -0.930. The minimum absolute atomic E-state index is 0.0720. The molecule has 0 amide bonds. The molecule has 0 unspecified atom stereocenters. The minimum Gasteiger partial charge on any atom is -0.373 e. The Morgan fingerprint density at radius 1 is 1.35 bits per heavy atom.